The van der Waals surface area contributed by atoms with Crippen molar-refractivity contribution in [1.29, 1.82) is 0 Å². The average molecular weight is 501 g/mol. The number of methoxy groups -OCH3 is 1. The Labute approximate surface area is 212 Å². The molecule has 5 rings (SSSR count). The molecule has 0 saturated carbocycles. The number of benzene rings is 2. The third kappa shape index (κ3) is 4.07. The Balaban J connectivity index is 1.53. The number of carbonyl (C=O) groups excluding carboxylic acids is 3. The van der Waals surface area contributed by atoms with E-state index in [0.29, 0.717) is 11.4 Å². The van der Waals surface area contributed by atoms with Gasteiger partial charge in [0.1, 0.15) is 17.1 Å². The minimum atomic E-state index is -1.81. The molecule has 36 heavy (non-hydrogen) atoms. The first-order chi connectivity index (χ1) is 17.4. The highest BCUT2D eigenvalue weighted by Crippen LogP contribution is 2.33. The van der Waals surface area contributed by atoms with E-state index in [9.17, 15) is 14.4 Å². The van der Waals surface area contributed by atoms with Gasteiger partial charge in [-0.25, -0.2) is 0 Å². The second-order valence-corrected chi connectivity index (χ2v) is 9.54. The average Bonchev–Trinajstić information content (AvgIpc) is 3.60. The van der Waals surface area contributed by atoms with Crippen LogP contribution in [0.2, 0.25) is 0 Å². The van der Waals surface area contributed by atoms with Crippen LogP contribution >= 0.6 is 11.3 Å². The zero-order chi connectivity index (χ0) is 25.3. The van der Waals surface area contributed by atoms with E-state index in [-0.39, 0.29) is 18.8 Å². The molecule has 0 fully saturated rings. The van der Waals surface area contributed by atoms with Crippen molar-refractivity contribution in [2.24, 2.45) is 0 Å². The molecule has 0 bridgehead atoms. The van der Waals surface area contributed by atoms with Gasteiger partial charge in [0.2, 0.25) is 5.54 Å². The quantitative estimate of drug-likeness (QED) is 0.387. The molecule has 1 unspecified atom stereocenters. The lowest BCUT2D eigenvalue weighted by molar-refractivity contribution is -0.129. The number of carbonyl (C=O) groups is 3. The first-order valence-corrected chi connectivity index (χ1v) is 12.3. The van der Waals surface area contributed by atoms with Gasteiger partial charge in [-0.15, -0.1) is 11.3 Å². The maximum absolute atomic E-state index is 13.8. The van der Waals surface area contributed by atoms with Crippen LogP contribution in [0.3, 0.4) is 0 Å². The maximum Gasteiger partial charge on any atom is 0.283 e. The van der Waals surface area contributed by atoms with Crippen LogP contribution in [0.15, 0.2) is 78.2 Å². The van der Waals surface area contributed by atoms with Crippen LogP contribution < -0.4 is 10.1 Å². The Kier molecular flexibility index (Phi) is 6.15. The number of hydrogen-bond donors (Lipinski definition) is 1. The normalized spacial score (nSPS) is 17.1. The van der Waals surface area contributed by atoms with Crippen LogP contribution in [0.5, 0.6) is 5.75 Å². The monoisotopic (exact) mass is 500 g/mol. The van der Waals surface area contributed by atoms with E-state index in [1.54, 1.807) is 25.3 Å². The lowest BCUT2D eigenvalue weighted by Gasteiger charge is -2.41. The summed E-state index contributed by atoms with van der Waals surface area (Å²) < 4.78 is 6.30. The summed E-state index contributed by atoms with van der Waals surface area (Å²) in [6.07, 6.45) is 0. The smallest absolute Gasteiger partial charge is 0.283 e. The lowest BCUT2D eigenvalue weighted by Crippen LogP contribution is -2.67. The van der Waals surface area contributed by atoms with Crippen LogP contribution in [-0.2, 0) is 17.9 Å². The fourth-order valence-corrected chi connectivity index (χ4v) is 4.89. The van der Waals surface area contributed by atoms with Gasteiger partial charge < -0.3 is 15.0 Å². The van der Waals surface area contributed by atoms with Crippen molar-refractivity contribution >= 4 is 29.1 Å². The van der Waals surface area contributed by atoms with Gasteiger partial charge in [-0.3, -0.25) is 14.4 Å². The molecule has 1 aliphatic heterocycles. The van der Waals surface area contributed by atoms with E-state index in [1.165, 1.54) is 23.2 Å². The highest BCUT2D eigenvalue weighted by atomic mass is 32.1. The number of nitrogens with one attached hydrogen (secondary N) is 1. The Bertz CT molecular complexity index is 1410. The van der Waals surface area contributed by atoms with E-state index in [0.717, 1.165) is 20.7 Å². The largest absolute Gasteiger partial charge is 0.497 e. The fraction of sp³-hybridized carbons (Fsp3) is 0.185. The summed E-state index contributed by atoms with van der Waals surface area (Å²) in [7, 11) is 1.57. The molecule has 3 heterocycles. The molecular formula is C27H24N4O4S. The van der Waals surface area contributed by atoms with Gasteiger partial charge in [0.25, 0.3) is 17.7 Å². The molecule has 0 radical (unpaired) electrons. The molecule has 1 N–H and O–H groups in total. The van der Waals surface area contributed by atoms with Crippen molar-refractivity contribution in [3.63, 3.8) is 0 Å². The Morgan fingerprint density at radius 3 is 2.44 bits per heavy atom. The van der Waals surface area contributed by atoms with E-state index in [4.69, 9.17) is 4.74 Å². The summed E-state index contributed by atoms with van der Waals surface area (Å²) in [5.74, 6) is -0.934. The summed E-state index contributed by atoms with van der Waals surface area (Å²) in [4.78, 5) is 43.4. The number of fused-ring (bicyclic) bond motifs is 1. The predicted octanol–water partition coefficient (Wildman–Crippen LogP) is 3.99. The van der Waals surface area contributed by atoms with Crippen LogP contribution in [0.4, 0.5) is 0 Å². The number of thiophene rings is 1. The predicted molar refractivity (Wildman–Crippen MR) is 136 cm³/mol. The van der Waals surface area contributed by atoms with E-state index < -0.39 is 23.3 Å². The second-order valence-electron chi connectivity index (χ2n) is 8.59. The Hall–Kier alpha value is -4.24. The first kappa shape index (κ1) is 23.5. The van der Waals surface area contributed by atoms with E-state index in [2.05, 4.69) is 10.4 Å². The number of hydrogen-bond acceptors (Lipinski definition) is 6. The molecule has 8 nitrogen and oxygen atoms in total. The SMILES string of the molecule is COc1ccc(CN2C(=O)c3cc(-c4cccs4)nn3C(=O)C2(C)C(=O)NCc2ccccc2)cc1. The topological polar surface area (TPSA) is 93.5 Å². The summed E-state index contributed by atoms with van der Waals surface area (Å²) >= 11 is 1.46. The highest BCUT2D eigenvalue weighted by Gasteiger charge is 2.54. The van der Waals surface area contributed by atoms with E-state index >= 15 is 0 Å². The zero-order valence-corrected chi connectivity index (χ0v) is 20.6. The van der Waals surface area contributed by atoms with Gasteiger partial charge in [0.05, 0.1) is 12.0 Å². The van der Waals surface area contributed by atoms with Crippen molar-refractivity contribution < 1.29 is 19.1 Å². The maximum atomic E-state index is 13.8. The Morgan fingerprint density at radius 2 is 1.78 bits per heavy atom. The van der Waals surface area contributed by atoms with Gasteiger partial charge in [-0.05, 0) is 47.7 Å². The number of amides is 2. The highest BCUT2D eigenvalue weighted by molar-refractivity contribution is 7.13. The summed E-state index contributed by atoms with van der Waals surface area (Å²) in [6, 6.07) is 21.9. The first-order valence-electron chi connectivity index (χ1n) is 11.4. The molecule has 4 aromatic rings. The molecule has 182 valence electrons. The molecule has 0 spiro atoms. The molecule has 2 amide bonds. The van der Waals surface area contributed by atoms with Crippen LogP contribution in [0.25, 0.3) is 10.6 Å². The van der Waals surface area contributed by atoms with Crippen molar-refractivity contribution in [1.82, 2.24) is 20.0 Å². The minimum Gasteiger partial charge on any atom is -0.497 e. The number of nitrogens with zero attached hydrogens (tertiary/aromatic N) is 3. The standard InChI is InChI=1S/C27H24N4O4S/c1-27(25(33)28-16-18-7-4-3-5-8-18)26(34)31-22(15-21(29-31)23-9-6-14-36-23)24(32)30(27)17-19-10-12-20(35-2)13-11-19/h3-15H,16-17H2,1-2H3,(H,28,33). The minimum absolute atomic E-state index is 0.0589. The third-order valence-electron chi connectivity index (χ3n) is 6.33. The van der Waals surface area contributed by atoms with Crippen LogP contribution in [0.1, 0.15) is 33.3 Å². The van der Waals surface area contributed by atoms with Gasteiger partial charge in [-0.2, -0.15) is 9.78 Å². The van der Waals surface area contributed by atoms with Gasteiger partial charge in [0.15, 0.2) is 0 Å². The van der Waals surface area contributed by atoms with Crippen molar-refractivity contribution in [3.05, 3.63) is 95.0 Å². The van der Waals surface area contributed by atoms with Gasteiger partial charge >= 0.3 is 0 Å². The molecule has 2 aromatic heterocycles. The molecule has 2 aromatic carbocycles. The molecular weight excluding hydrogens is 476 g/mol. The van der Waals surface area contributed by atoms with Crippen molar-refractivity contribution in [2.45, 2.75) is 25.6 Å². The summed E-state index contributed by atoms with van der Waals surface area (Å²) in [6.45, 7) is 1.76. The molecule has 0 saturated heterocycles. The number of aromatic nitrogens is 2. The zero-order valence-electron chi connectivity index (χ0n) is 19.8. The van der Waals surface area contributed by atoms with Crippen molar-refractivity contribution in [2.75, 3.05) is 7.11 Å². The van der Waals surface area contributed by atoms with Crippen LogP contribution in [0, 0.1) is 0 Å². The number of rotatable bonds is 7. The molecule has 1 atom stereocenters. The second kappa shape index (κ2) is 9.43. The molecule has 9 heteroatoms. The molecule has 0 aliphatic carbocycles. The van der Waals surface area contributed by atoms with Crippen molar-refractivity contribution in [3.8, 4) is 16.3 Å². The number of ether oxygens (including phenoxy) is 1. The van der Waals surface area contributed by atoms with Crippen LogP contribution in [-0.4, -0.2) is 45.1 Å². The summed E-state index contributed by atoms with van der Waals surface area (Å²) in [5, 5.41) is 9.16. The molecule has 1 aliphatic rings. The van der Waals surface area contributed by atoms with E-state index in [1.807, 2.05) is 60.0 Å². The fourth-order valence-electron chi connectivity index (χ4n) is 4.21. The third-order valence-corrected chi connectivity index (χ3v) is 7.23. The van der Waals surface area contributed by atoms with Gasteiger partial charge in [0, 0.05) is 13.1 Å². The summed E-state index contributed by atoms with van der Waals surface area (Å²) in [5.41, 5.74) is 0.471. The van der Waals surface area contributed by atoms with Gasteiger partial charge in [-0.1, -0.05) is 48.5 Å². The Morgan fingerprint density at radius 1 is 1.03 bits per heavy atom. The lowest BCUT2D eigenvalue weighted by atomic mass is 9.93.